The minimum Gasteiger partial charge on any atom is -0.497 e. The smallest absolute Gasteiger partial charge is 0.277 e. The number of hydrogen-bond acceptors (Lipinski definition) is 7. The topological polar surface area (TPSA) is 77.5 Å². The fourth-order valence-electron chi connectivity index (χ4n) is 3.36. The molecule has 0 saturated heterocycles. The van der Waals surface area contributed by atoms with Crippen LogP contribution in [-0.4, -0.2) is 88.5 Å². The van der Waals surface area contributed by atoms with E-state index in [4.69, 9.17) is 18.9 Å². The van der Waals surface area contributed by atoms with Crippen molar-refractivity contribution in [2.45, 2.75) is 26.4 Å². The van der Waals surface area contributed by atoms with E-state index in [2.05, 4.69) is 0 Å². The molecule has 0 atom stereocenters. The van der Waals surface area contributed by atoms with Gasteiger partial charge in [-0.2, -0.15) is 0 Å². The first kappa shape index (κ1) is 24.8. The fraction of sp³-hybridized carbons (Fsp3) is 0.565. The molecule has 2 rings (SSSR count). The molecule has 0 bridgehead atoms. The normalized spacial score (nSPS) is 14.2. The van der Waals surface area contributed by atoms with Crippen LogP contribution in [-0.2, 0) is 23.8 Å². The van der Waals surface area contributed by atoms with E-state index in [9.17, 15) is 9.59 Å². The van der Waals surface area contributed by atoms with Crippen LogP contribution in [0.2, 0.25) is 0 Å². The largest absolute Gasteiger partial charge is 0.497 e. The number of carbonyl (C=O) groups is 2. The molecule has 0 saturated carbocycles. The summed E-state index contributed by atoms with van der Waals surface area (Å²) in [4.78, 5) is 29.9. The summed E-state index contributed by atoms with van der Waals surface area (Å²) in [6.45, 7) is 6.49. The van der Waals surface area contributed by atoms with Crippen LogP contribution in [0.15, 0.2) is 30.0 Å². The van der Waals surface area contributed by atoms with E-state index in [0.29, 0.717) is 68.5 Å². The Morgan fingerprint density at radius 3 is 2.03 bits per heavy atom. The molecular formula is C23H34N2O6. The highest BCUT2D eigenvalue weighted by Gasteiger charge is 2.41. The van der Waals surface area contributed by atoms with Crippen LogP contribution in [0.5, 0.6) is 5.75 Å². The van der Waals surface area contributed by atoms with Gasteiger partial charge in [-0.25, -0.2) is 0 Å². The number of carbonyl (C=O) groups excluding carboxylic acids is 2. The Morgan fingerprint density at radius 2 is 1.52 bits per heavy atom. The zero-order valence-electron chi connectivity index (χ0n) is 19.2. The Bertz CT molecular complexity index is 752. The lowest BCUT2D eigenvalue weighted by molar-refractivity contribution is -0.137. The zero-order chi connectivity index (χ0) is 22.8. The molecular weight excluding hydrogens is 400 g/mol. The summed E-state index contributed by atoms with van der Waals surface area (Å²) in [5.41, 5.74) is 1.45. The van der Waals surface area contributed by atoms with Crippen molar-refractivity contribution in [2.75, 3.05) is 60.8 Å². The first-order valence-electron chi connectivity index (χ1n) is 10.5. The lowest BCUT2D eigenvalue weighted by atomic mass is 10.0. The highest BCUT2D eigenvalue weighted by atomic mass is 16.5. The van der Waals surface area contributed by atoms with Gasteiger partial charge in [0.15, 0.2) is 0 Å². The molecule has 0 spiro atoms. The predicted octanol–water partition coefficient (Wildman–Crippen LogP) is 2.18. The number of nitrogens with zero attached hydrogens (tertiary/aromatic N) is 2. The molecule has 0 aromatic heterocycles. The second kappa shape index (κ2) is 12.4. The third-order valence-corrected chi connectivity index (χ3v) is 4.95. The maximum atomic E-state index is 13.4. The van der Waals surface area contributed by atoms with Gasteiger partial charge in [0, 0.05) is 40.5 Å². The fourth-order valence-corrected chi connectivity index (χ4v) is 3.36. The van der Waals surface area contributed by atoms with Crippen LogP contribution in [0.1, 0.15) is 25.8 Å². The summed E-state index contributed by atoms with van der Waals surface area (Å²) in [7, 11) is 4.80. The highest BCUT2D eigenvalue weighted by molar-refractivity contribution is 6.35. The first-order chi connectivity index (χ1) is 14.9. The summed E-state index contributed by atoms with van der Waals surface area (Å²) in [5, 5.41) is 0. The van der Waals surface area contributed by atoms with E-state index >= 15 is 0 Å². The van der Waals surface area contributed by atoms with E-state index in [-0.39, 0.29) is 17.9 Å². The van der Waals surface area contributed by atoms with Crippen LogP contribution in [0.4, 0.5) is 0 Å². The van der Waals surface area contributed by atoms with Crippen LogP contribution < -0.4 is 4.74 Å². The number of hydrogen-bond donors (Lipinski definition) is 0. The lowest BCUT2D eigenvalue weighted by Crippen LogP contribution is -2.38. The monoisotopic (exact) mass is 434 g/mol. The van der Waals surface area contributed by atoms with E-state index in [1.807, 2.05) is 18.7 Å². The van der Waals surface area contributed by atoms with Gasteiger partial charge in [0.1, 0.15) is 11.4 Å². The van der Waals surface area contributed by atoms with Gasteiger partial charge in [0.05, 0.1) is 32.0 Å². The minimum atomic E-state index is -0.299. The summed E-state index contributed by atoms with van der Waals surface area (Å²) in [5.74, 6) is 0.0862. The Morgan fingerprint density at radius 1 is 0.903 bits per heavy atom. The number of imide groups is 1. The second-order valence-corrected chi connectivity index (χ2v) is 7.46. The molecule has 172 valence electrons. The minimum absolute atomic E-state index is 0.104. The third kappa shape index (κ3) is 6.53. The standard InChI is InChI=1S/C23H34N2O6/c1-17(2)31-14-6-11-25-22(26)20(18-7-9-19(30-5)10-8-18)21(23(25)27)24(12-15-28-3)13-16-29-4/h7-10,17H,6,11-16H2,1-5H3. The molecule has 31 heavy (non-hydrogen) atoms. The summed E-state index contributed by atoms with van der Waals surface area (Å²) < 4.78 is 21.3. The molecule has 0 unspecified atom stereocenters. The lowest BCUT2D eigenvalue weighted by Gasteiger charge is -2.25. The molecule has 0 radical (unpaired) electrons. The zero-order valence-corrected chi connectivity index (χ0v) is 19.2. The average Bonchev–Trinajstić information content (AvgIpc) is 3.01. The van der Waals surface area contributed by atoms with Gasteiger partial charge in [-0.05, 0) is 38.0 Å². The number of rotatable bonds is 14. The molecule has 1 aromatic carbocycles. The van der Waals surface area contributed by atoms with Gasteiger partial charge >= 0.3 is 0 Å². The summed E-state index contributed by atoms with van der Waals surface area (Å²) >= 11 is 0. The van der Waals surface area contributed by atoms with Crippen molar-refractivity contribution in [3.8, 4) is 5.75 Å². The number of methoxy groups -OCH3 is 3. The highest BCUT2D eigenvalue weighted by Crippen LogP contribution is 2.32. The van der Waals surface area contributed by atoms with Crippen LogP contribution in [0.3, 0.4) is 0 Å². The Hall–Kier alpha value is -2.42. The predicted molar refractivity (Wildman–Crippen MR) is 118 cm³/mol. The van der Waals surface area contributed by atoms with Gasteiger partial charge in [0.2, 0.25) is 0 Å². The number of benzene rings is 1. The van der Waals surface area contributed by atoms with Gasteiger partial charge in [-0.15, -0.1) is 0 Å². The van der Waals surface area contributed by atoms with E-state index < -0.39 is 0 Å². The van der Waals surface area contributed by atoms with E-state index in [1.54, 1.807) is 45.6 Å². The first-order valence-corrected chi connectivity index (χ1v) is 10.5. The molecule has 0 aliphatic carbocycles. The molecule has 8 heteroatoms. The molecule has 1 aromatic rings. The van der Waals surface area contributed by atoms with Gasteiger partial charge in [-0.1, -0.05) is 12.1 Å². The van der Waals surface area contributed by atoms with E-state index in [0.717, 1.165) is 0 Å². The quantitative estimate of drug-likeness (QED) is 0.328. The molecule has 1 aliphatic rings. The Balaban J connectivity index is 2.38. The molecule has 0 fully saturated rings. The van der Waals surface area contributed by atoms with Crippen molar-refractivity contribution in [1.82, 2.24) is 9.80 Å². The van der Waals surface area contributed by atoms with Crippen molar-refractivity contribution in [3.63, 3.8) is 0 Å². The van der Waals surface area contributed by atoms with Crippen molar-refractivity contribution >= 4 is 17.4 Å². The van der Waals surface area contributed by atoms with Crippen molar-refractivity contribution in [1.29, 1.82) is 0 Å². The van der Waals surface area contributed by atoms with Crippen molar-refractivity contribution in [2.24, 2.45) is 0 Å². The average molecular weight is 435 g/mol. The van der Waals surface area contributed by atoms with Gasteiger partial charge in [0.25, 0.3) is 11.8 Å². The van der Waals surface area contributed by atoms with Gasteiger partial charge in [-0.3, -0.25) is 14.5 Å². The van der Waals surface area contributed by atoms with Crippen molar-refractivity contribution in [3.05, 3.63) is 35.5 Å². The number of ether oxygens (including phenoxy) is 4. The van der Waals surface area contributed by atoms with Crippen LogP contribution in [0.25, 0.3) is 5.57 Å². The maximum Gasteiger partial charge on any atom is 0.277 e. The maximum absolute atomic E-state index is 13.4. The van der Waals surface area contributed by atoms with Crippen molar-refractivity contribution < 1.29 is 28.5 Å². The SMILES string of the molecule is COCCN(CCOC)C1=C(c2ccc(OC)cc2)C(=O)N(CCCOC(C)C)C1=O. The molecule has 1 aliphatic heterocycles. The van der Waals surface area contributed by atoms with Crippen LogP contribution in [0, 0.1) is 0 Å². The molecule has 2 amide bonds. The summed E-state index contributed by atoms with van der Waals surface area (Å²) in [6, 6.07) is 7.17. The second-order valence-electron chi connectivity index (χ2n) is 7.46. The van der Waals surface area contributed by atoms with E-state index in [1.165, 1.54) is 4.90 Å². The summed E-state index contributed by atoms with van der Waals surface area (Å²) in [6.07, 6.45) is 0.682. The molecule has 0 N–H and O–H groups in total. The molecule has 8 nitrogen and oxygen atoms in total. The third-order valence-electron chi connectivity index (χ3n) is 4.95. The number of amides is 2. The van der Waals surface area contributed by atoms with Crippen LogP contribution >= 0.6 is 0 Å². The Kier molecular flexibility index (Phi) is 9.97. The van der Waals surface area contributed by atoms with Gasteiger partial charge < -0.3 is 23.8 Å². The molecule has 1 heterocycles. The Labute approximate surface area is 184 Å².